The number of nitrogens with two attached hydrogens (primary N) is 1. The number of aromatic amines is 1. The number of imidazole rings is 1. The summed E-state index contributed by atoms with van der Waals surface area (Å²) in [6.45, 7) is 5.08. The van der Waals surface area contributed by atoms with E-state index in [-0.39, 0.29) is 10.0 Å². The molecule has 17 heavy (non-hydrogen) atoms. The van der Waals surface area contributed by atoms with Gasteiger partial charge in [-0.25, -0.2) is 13.4 Å². The fraction of sp³-hybridized carbons (Fsp3) is 0.556. The number of sulfonamides is 1. The second kappa shape index (κ2) is 4.71. The van der Waals surface area contributed by atoms with Gasteiger partial charge in [0.25, 0.3) is 10.0 Å². The summed E-state index contributed by atoms with van der Waals surface area (Å²) in [5.41, 5.74) is 4.49. The highest BCUT2D eigenvalue weighted by molar-refractivity contribution is 7.89. The van der Waals surface area contributed by atoms with Crippen LogP contribution in [0, 0.1) is 0 Å². The van der Waals surface area contributed by atoms with Crippen molar-refractivity contribution in [2.24, 2.45) is 5.73 Å². The molecule has 6 nitrogen and oxygen atoms in total. The molecule has 8 heteroatoms. The second-order valence-corrected chi connectivity index (χ2v) is 6.23. The minimum absolute atomic E-state index is 0.0127. The number of nitrogens with zero attached hydrogens (tertiary/aromatic N) is 1. The zero-order valence-corrected chi connectivity index (χ0v) is 11.6. The van der Waals surface area contributed by atoms with E-state index >= 15 is 0 Å². The number of aromatic nitrogens is 2. The molecule has 0 unspecified atom stereocenters. The molecule has 96 valence electrons. The van der Waals surface area contributed by atoms with E-state index in [4.69, 9.17) is 18.0 Å². The third kappa shape index (κ3) is 3.24. The third-order valence-electron chi connectivity index (χ3n) is 2.24. The SMILES string of the molecule is CCc1ncc(S(=O)(=O)NC(C)(C)C(N)=S)[nH]1. The Bertz CT molecular complexity index is 519. The zero-order valence-electron chi connectivity index (χ0n) is 9.94. The Hall–Kier alpha value is -0.990. The number of aryl methyl sites for hydroxylation is 1. The number of hydrogen-bond donors (Lipinski definition) is 3. The lowest BCUT2D eigenvalue weighted by molar-refractivity contribution is 0.543. The molecule has 0 amide bonds. The Kier molecular flexibility index (Phi) is 3.90. The molecule has 1 aromatic rings. The van der Waals surface area contributed by atoms with Crippen molar-refractivity contribution in [1.29, 1.82) is 0 Å². The molecule has 0 aliphatic heterocycles. The van der Waals surface area contributed by atoms with E-state index in [1.165, 1.54) is 6.20 Å². The van der Waals surface area contributed by atoms with Crippen LogP contribution in [0.5, 0.6) is 0 Å². The van der Waals surface area contributed by atoms with Crippen LogP contribution in [0.4, 0.5) is 0 Å². The van der Waals surface area contributed by atoms with Crippen molar-refractivity contribution in [3.8, 4) is 0 Å². The Labute approximate surface area is 106 Å². The van der Waals surface area contributed by atoms with Gasteiger partial charge in [-0.2, -0.15) is 4.72 Å². The van der Waals surface area contributed by atoms with Crippen LogP contribution in [-0.2, 0) is 16.4 Å². The first-order valence-corrected chi connectivity index (χ1v) is 6.96. The molecule has 0 spiro atoms. The van der Waals surface area contributed by atoms with Gasteiger partial charge < -0.3 is 10.7 Å². The van der Waals surface area contributed by atoms with Gasteiger partial charge in [0.15, 0.2) is 5.03 Å². The third-order valence-corrected chi connectivity index (χ3v) is 4.31. The molecule has 0 atom stereocenters. The van der Waals surface area contributed by atoms with Crippen LogP contribution in [0.2, 0.25) is 0 Å². The number of nitrogens with one attached hydrogen (secondary N) is 2. The number of rotatable bonds is 5. The van der Waals surface area contributed by atoms with Crippen molar-refractivity contribution in [2.45, 2.75) is 37.8 Å². The maximum Gasteiger partial charge on any atom is 0.258 e. The van der Waals surface area contributed by atoms with E-state index in [9.17, 15) is 8.42 Å². The first-order chi connectivity index (χ1) is 7.69. The summed E-state index contributed by atoms with van der Waals surface area (Å²) in [5.74, 6) is 0.610. The quantitative estimate of drug-likeness (QED) is 0.672. The molecule has 4 N–H and O–H groups in total. The molecule has 1 heterocycles. The number of thiocarbonyl (C=S) groups is 1. The van der Waals surface area contributed by atoms with E-state index in [1.54, 1.807) is 13.8 Å². The average molecular weight is 276 g/mol. The summed E-state index contributed by atoms with van der Waals surface area (Å²) in [6.07, 6.45) is 1.91. The molecular formula is C9H16N4O2S2. The van der Waals surface area contributed by atoms with Crippen molar-refractivity contribution in [2.75, 3.05) is 0 Å². The normalized spacial score (nSPS) is 12.6. The zero-order chi connectivity index (χ0) is 13.3. The van der Waals surface area contributed by atoms with Crippen LogP contribution < -0.4 is 10.5 Å². The van der Waals surface area contributed by atoms with Gasteiger partial charge in [0.05, 0.1) is 16.7 Å². The number of H-pyrrole nitrogens is 1. The van der Waals surface area contributed by atoms with Crippen LogP contribution in [0.15, 0.2) is 11.2 Å². The second-order valence-electron chi connectivity index (χ2n) is 4.14. The van der Waals surface area contributed by atoms with Crippen LogP contribution in [0.3, 0.4) is 0 Å². The summed E-state index contributed by atoms with van der Waals surface area (Å²) < 4.78 is 26.4. The van der Waals surface area contributed by atoms with E-state index in [0.717, 1.165) is 0 Å². The van der Waals surface area contributed by atoms with E-state index in [0.29, 0.717) is 12.2 Å². The molecule has 0 saturated heterocycles. The summed E-state index contributed by atoms with van der Waals surface area (Å²) in [4.78, 5) is 6.74. The van der Waals surface area contributed by atoms with Crippen LogP contribution in [-0.4, -0.2) is 28.9 Å². The molecule has 1 rings (SSSR count). The predicted octanol–water partition coefficient (Wildman–Crippen LogP) is 0.315. The molecule has 0 aromatic carbocycles. The minimum atomic E-state index is -3.69. The maximum absolute atomic E-state index is 12.0. The fourth-order valence-corrected chi connectivity index (χ4v) is 2.55. The first kappa shape index (κ1) is 14.1. The molecule has 0 fully saturated rings. The van der Waals surface area contributed by atoms with Gasteiger partial charge in [0.2, 0.25) is 0 Å². The largest absolute Gasteiger partial charge is 0.392 e. The molecule has 0 bridgehead atoms. The molecule has 0 radical (unpaired) electrons. The minimum Gasteiger partial charge on any atom is -0.392 e. The van der Waals surface area contributed by atoms with Crippen molar-refractivity contribution in [3.05, 3.63) is 12.0 Å². The van der Waals surface area contributed by atoms with E-state index in [2.05, 4.69) is 14.7 Å². The summed E-state index contributed by atoms with van der Waals surface area (Å²) in [6, 6.07) is 0. The van der Waals surface area contributed by atoms with Crippen LogP contribution in [0.25, 0.3) is 0 Å². The Balaban J connectivity index is 3.01. The van der Waals surface area contributed by atoms with Gasteiger partial charge in [0, 0.05) is 6.42 Å². The van der Waals surface area contributed by atoms with Crippen LogP contribution >= 0.6 is 12.2 Å². The predicted molar refractivity (Wildman–Crippen MR) is 69.2 cm³/mol. The van der Waals surface area contributed by atoms with Gasteiger partial charge in [-0.3, -0.25) is 0 Å². The fourth-order valence-electron chi connectivity index (χ4n) is 1.10. The van der Waals surface area contributed by atoms with Crippen molar-refractivity contribution >= 4 is 27.2 Å². The Morgan fingerprint density at radius 2 is 2.24 bits per heavy atom. The lowest BCUT2D eigenvalue weighted by atomic mass is 10.1. The molecule has 1 aromatic heterocycles. The summed E-state index contributed by atoms with van der Waals surface area (Å²) in [5, 5.41) is 0.0127. The average Bonchev–Trinajstić information content (AvgIpc) is 2.64. The van der Waals surface area contributed by atoms with E-state index in [1.807, 2.05) is 6.92 Å². The monoisotopic (exact) mass is 276 g/mol. The van der Waals surface area contributed by atoms with Crippen LogP contribution in [0.1, 0.15) is 26.6 Å². The van der Waals surface area contributed by atoms with E-state index < -0.39 is 15.6 Å². The van der Waals surface area contributed by atoms with Crippen molar-refractivity contribution in [1.82, 2.24) is 14.7 Å². The van der Waals surface area contributed by atoms with Gasteiger partial charge >= 0.3 is 0 Å². The summed E-state index contributed by atoms with van der Waals surface area (Å²) in [7, 11) is -3.69. The first-order valence-electron chi connectivity index (χ1n) is 5.07. The van der Waals surface area contributed by atoms with Crippen molar-refractivity contribution < 1.29 is 8.42 Å². The standard InChI is InChI=1S/C9H16N4O2S2/c1-4-6-11-5-7(12-6)17(14,15)13-9(2,3)8(10)16/h5,13H,4H2,1-3H3,(H2,10,16)(H,11,12). The Morgan fingerprint density at radius 3 is 2.65 bits per heavy atom. The molecular weight excluding hydrogens is 260 g/mol. The summed E-state index contributed by atoms with van der Waals surface area (Å²) >= 11 is 4.80. The molecule has 0 aliphatic carbocycles. The molecule has 0 aliphatic rings. The van der Waals surface area contributed by atoms with Gasteiger partial charge in [-0.05, 0) is 13.8 Å². The topological polar surface area (TPSA) is 101 Å². The van der Waals surface area contributed by atoms with Crippen molar-refractivity contribution in [3.63, 3.8) is 0 Å². The lowest BCUT2D eigenvalue weighted by Gasteiger charge is -2.23. The van der Waals surface area contributed by atoms with Gasteiger partial charge in [-0.1, -0.05) is 19.1 Å². The van der Waals surface area contributed by atoms with Gasteiger partial charge in [-0.15, -0.1) is 0 Å². The van der Waals surface area contributed by atoms with Gasteiger partial charge in [0.1, 0.15) is 5.82 Å². The highest BCUT2D eigenvalue weighted by Gasteiger charge is 2.29. The highest BCUT2D eigenvalue weighted by atomic mass is 32.2. The Morgan fingerprint density at radius 1 is 1.65 bits per heavy atom. The highest BCUT2D eigenvalue weighted by Crippen LogP contribution is 2.11. The lowest BCUT2D eigenvalue weighted by Crippen LogP contribution is -2.52. The maximum atomic E-state index is 12.0. The smallest absolute Gasteiger partial charge is 0.258 e. The number of hydrogen-bond acceptors (Lipinski definition) is 4. The molecule has 0 saturated carbocycles.